The second-order valence-corrected chi connectivity index (χ2v) is 4.35. The largest absolute Gasteiger partial charge is 0.492 e. The summed E-state index contributed by atoms with van der Waals surface area (Å²) in [6.45, 7) is 1.57. The van der Waals surface area contributed by atoms with Crippen molar-refractivity contribution in [1.29, 1.82) is 5.41 Å². The highest BCUT2D eigenvalue weighted by Crippen LogP contribution is 2.24. The Labute approximate surface area is 101 Å². The molecule has 0 radical (unpaired) electrons. The van der Waals surface area contributed by atoms with Gasteiger partial charge in [0.05, 0.1) is 0 Å². The van der Waals surface area contributed by atoms with E-state index in [-0.39, 0.29) is 5.84 Å². The van der Waals surface area contributed by atoms with Gasteiger partial charge in [0.2, 0.25) is 0 Å². The van der Waals surface area contributed by atoms with Gasteiger partial charge in [-0.15, -0.1) is 0 Å². The van der Waals surface area contributed by atoms with Gasteiger partial charge in [-0.25, -0.2) is 0 Å². The number of nitrogens with one attached hydrogen (secondary N) is 1. The third-order valence-corrected chi connectivity index (χ3v) is 2.89. The van der Waals surface area contributed by atoms with Crippen molar-refractivity contribution < 1.29 is 4.74 Å². The average molecular weight is 234 g/mol. The van der Waals surface area contributed by atoms with E-state index >= 15 is 0 Å². The number of hydrogen-bond donors (Lipinski definition) is 2. The Morgan fingerprint density at radius 2 is 2.41 bits per heavy atom. The lowest BCUT2D eigenvalue weighted by Crippen LogP contribution is -2.26. The maximum Gasteiger partial charge on any atom is 0.141 e. The van der Waals surface area contributed by atoms with Crippen LogP contribution in [0, 0.1) is 5.41 Å². The molecule has 3 N–H and O–H groups in total. The molecule has 1 aliphatic carbocycles. The summed E-state index contributed by atoms with van der Waals surface area (Å²) < 4.78 is 5.61. The van der Waals surface area contributed by atoms with Crippen LogP contribution in [0.15, 0.2) is 18.3 Å². The monoisotopic (exact) mass is 234 g/mol. The van der Waals surface area contributed by atoms with Gasteiger partial charge >= 0.3 is 0 Å². The third-order valence-electron chi connectivity index (χ3n) is 2.89. The number of nitrogen functional groups attached to an aromatic ring is 1. The number of pyridine rings is 1. The first kappa shape index (κ1) is 11.9. The summed E-state index contributed by atoms with van der Waals surface area (Å²) in [6, 6.07) is 4.23. The molecule has 1 saturated carbocycles. The lowest BCUT2D eigenvalue weighted by atomic mass is 10.3. The van der Waals surface area contributed by atoms with E-state index in [0.29, 0.717) is 12.3 Å². The van der Waals surface area contributed by atoms with E-state index in [4.69, 9.17) is 15.9 Å². The maximum atomic E-state index is 7.29. The third kappa shape index (κ3) is 3.42. The molecule has 5 nitrogen and oxygen atoms in total. The molecule has 1 aliphatic rings. The number of nitrogens with two attached hydrogens (primary N) is 1. The molecule has 0 spiro atoms. The van der Waals surface area contributed by atoms with Crippen molar-refractivity contribution in [1.82, 2.24) is 9.88 Å². The van der Waals surface area contributed by atoms with Gasteiger partial charge < -0.3 is 15.4 Å². The van der Waals surface area contributed by atoms with Crippen LogP contribution in [0.5, 0.6) is 5.75 Å². The SMILES string of the molecule is CN(CCOc1ccnc(C(=N)N)c1)C1CC1. The first-order valence-corrected chi connectivity index (χ1v) is 5.80. The minimum Gasteiger partial charge on any atom is -0.492 e. The van der Waals surface area contributed by atoms with Crippen molar-refractivity contribution in [3.05, 3.63) is 24.0 Å². The number of rotatable bonds is 6. The summed E-state index contributed by atoms with van der Waals surface area (Å²) in [5.41, 5.74) is 5.82. The van der Waals surface area contributed by atoms with Gasteiger partial charge in [0.15, 0.2) is 0 Å². The summed E-state index contributed by atoms with van der Waals surface area (Å²) in [6.07, 6.45) is 4.22. The van der Waals surface area contributed by atoms with Crippen molar-refractivity contribution in [2.75, 3.05) is 20.2 Å². The Morgan fingerprint density at radius 1 is 1.65 bits per heavy atom. The van der Waals surface area contributed by atoms with Crippen LogP contribution in [0.4, 0.5) is 0 Å². The van der Waals surface area contributed by atoms with Crippen LogP contribution in [0.1, 0.15) is 18.5 Å². The van der Waals surface area contributed by atoms with E-state index < -0.39 is 0 Å². The molecular weight excluding hydrogens is 216 g/mol. The highest BCUT2D eigenvalue weighted by Gasteiger charge is 2.25. The lowest BCUT2D eigenvalue weighted by molar-refractivity contribution is 0.231. The summed E-state index contributed by atoms with van der Waals surface area (Å²) in [5, 5.41) is 7.29. The summed E-state index contributed by atoms with van der Waals surface area (Å²) in [5.74, 6) is 0.681. The number of ether oxygens (including phenoxy) is 1. The van der Waals surface area contributed by atoms with Crippen molar-refractivity contribution in [3.8, 4) is 5.75 Å². The minimum absolute atomic E-state index is 0.0365. The highest BCUT2D eigenvalue weighted by atomic mass is 16.5. The number of amidine groups is 1. The number of nitrogens with zero attached hydrogens (tertiary/aromatic N) is 2. The van der Waals surface area contributed by atoms with E-state index in [1.807, 2.05) is 0 Å². The summed E-state index contributed by atoms with van der Waals surface area (Å²) >= 11 is 0. The van der Waals surface area contributed by atoms with E-state index in [1.165, 1.54) is 12.8 Å². The van der Waals surface area contributed by atoms with Crippen LogP contribution >= 0.6 is 0 Å². The number of likely N-dealkylation sites (N-methyl/N-ethyl adjacent to an activating group) is 1. The van der Waals surface area contributed by atoms with E-state index in [9.17, 15) is 0 Å². The lowest BCUT2D eigenvalue weighted by Gasteiger charge is -2.15. The highest BCUT2D eigenvalue weighted by molar-refractivity contribution is 5.93. The van der Waals surface area contributed by atoms with Crippen molar-refractivity contribution in [2.24, 2.45) is 5.73 Å². The summed E-state index contributed by atoms with van der Waals surface area (Å²) in [7, 11) is 2.12. The van der Waals surface area contributed by atoms with Gasteiger partial charge in [-0.3, -0.25) is 10.4 Å². The minimum atomic E-state index is -0.0365. The van der Waals surface area contributed by atoms with Crippen LogP contribution in [-0.2, 0) is 0 Å². The van der Waals surface area contributed by atoms with Crippen molar-refractivity contribution in [2.45, 2.75) is 18.9 Å². The van der Waals surface area contributed by atoms with Crippen LogP contribution in [0.3, 0.4) is 0 Å². The molecule has 0 saturated heterocycles. The standard InChI is InChI=1S/C12H18N4O/c1-16(9-2-3-9)6-7-17-10-4-5-15-11(8-10)12(13)14/h4-5,8-9H,2-3,6-7H2,1H3,(H3,13,14). The molecule has 1 aromatic heterocycles. The zero-order chi connectivity index (χ0) is 12.3. The van der Waals surface area contributed by atoms with Crippen LogP contribution in [0.2, 0.25) is 0 Å². The molecule has 2 rings (SSSR count). The molecule has 92 valence electrons. The van der Waals surface area contributed by atoms with E-state index in [1.54, 1.807) is 18.3 Å². The Hall–Kier alpha value is -1.62. The molecule has 5 heteroatoms. The molecule has 1 heterocycles. The van der Waals surface area contributed by atoms with Crippen molar-refractivity contribution >= 4 is 5.84 Å². The number of hydrogen-bond acceptors (Lipinski definition) is 4. The van der Waals surface area contributed by atoms with Crippen LogP contribution < -0.4 is 10.5 Å². The predicted octanol–water partition coefficient (Wildman–Crippen LogP) is 0.839. The van der Waals surface area contributed by atoms with Crippen LogP contribution in [0.25, 0.3) is 0 Å². The molecule has 1 aromatic rings. The van der Waals surface area contributed by atoms with Gasteiger partial charge in [0, 0.05) is 24.8 Å². The van der Waals surface area contributed by atoms with Gasteiger partial charge in [0.25, 0.3) is 0 Å². The Morgan fingerprint density at radius 3 is 3.06 bits per heavy atom. The first-order valence-electron chi connectivity index (χ1n) is 5.80. The number of aromatic nitrogens is 1. The summed E-state index contributed by atoms with van der Waals surface area (Å²) in [4.78, 5) is 6.29. The molecule has 0 amide bonds. The first-order chi connectivity index (χ1) is 8.16. The van der Waals surface area contributed by atoms with Gasteiger partial charge in [-0.05, 0) is 26.0 Å². The van der Waals surface area contributed by atoms with Gasteiger partial charge in [-0.1, -0.05) is 0 Å². The second-order valence-electron chi connectivity index (χ2n) is 4.35. The average Bonchev–Trinajstić information content (AvgIpc) is 3.13. The molecule has 0 unspecified atom stereocenters. The zero-order valence-corrected chi connectivity index (χ0v) is 10.0. The van der Waals surface area contributed by atoms with Gasteiger partial charge in [0.1, 0.15) is 23.9 Å². The molecule has 0 aromatic carbocycles. The normalized spacial score (nSPS) is 14.9. The maximum absolute atomic E-state index is 7.29. The second kappa shape index (κ2) is 5.14. The molecular formula is C12H18N4O. The van der Waals surface area contributed by atoms with Crippen LogP contribution in [-0.4, -0.2) is 42.0 Å². The quantitative estimate of drug-likeness (QED) is 0.565. The molecule has 0 aliphatic heterocycles. The molecule has 0 bridgehead atoms. The predicted molar refractivity (Wildman–Crippen MR) is 66.4 cm³/mol. The fourth-order valence-corrected chi connectivity index (χ4v) is 1.65. The Kier molecular flexibility index (Phi) is 3.58. The Balaban J connectivity index is 1.81. The Bertz CT molecular complexity index is 403. The zero-order valence-electron chi connectivity index (χ0n) is 10.0. The molecule has 17 heavy (non-hydrogen) atoms. The molecule has 0 atom stereocenters. The smallest absolute Gasteiger partial charge is 0.141 e. The molecule has 1 fully saturated rings. The topological polar surface area (TPSA) is 75.2 Å². The van der Waals surface area contributed by atoms with E-state index in [0.717, 1.165) is 18.3 Å². The van der Waals surface area contributed by atoms with E-state index in [2.05, 4.69) is 16.9 Å². The van der Waals surface area contributed by atoms with Crippen molar-refractivity contribution in [3.63, 3.8) is 0 Å². The van der Waals surface area contributed by atoms with Gasteiger partial charge in [-0.2, -0.15) is 0 Å². The fraction of sp³-hybridized carbons (Fsp3) is 0.500. The fourth-order valence-electron chi connectivity index (χ4n) is 1.65.